The van der Waals surface area contributed by atoms with Gasteiger partial charge in [0.15, 0.2) is 0 Å². The van der Waals surface area contributed by atoms with Gasteiger partial charge in [0.1, 0.15) is 47.1 Å². The van der Waals surface area contributed by atoms with Gasteiger partial charge in [-0.15, -0.1) is 0 Å². The van der Waals surface area contributed by atoms with Crippen LogP contribution in [0.4, 0.5) is 29.7 Å². The van der Waals surface area contributed by atoms with E-state index in [-0.39, 0.29) is 73.3 Å². The lowest BCUT2D eigenvalue weighted by molar-refractivity contribution is -0.157. The zero-order valence-corrected chi connectivity index (χ0v) is 70.1. The number of nitrogens with one attached hydrogen (secondary N) is 5. The second-order valence-electron chi connectivity index (χ2n) is 30.5. The Morgan fingerprint density at radius 2 is 1.12 bits per heavy atom. The van der Waals surface area contributed by atoms with Crippen molar-refractivity contribution < 1.29 is 113 Å². The maximum atomic E-state index is 15.9. The summed E-state index contributed by atoms with van der Waals surface area (Å²) in [5.74, 6) is -3.64. The highest BCUT2D eigenvalue weighted by Crippen LogP contribution is 2.43. The third-order valence-electron chi connectivity index (χ3n) is 20.3. The second-order valence-corrected chi connectivity index (χ2v) is 30.5. The zero-order valence-electron chi connectivity index (χ0n) is 70.1. The Hall–Kier alpha value is -9.27. The molecule has 120 heavy (non-hydrogen) atoms. The van der Waals surface area contributed by atoms with Crippen LogP contribution in [0.25, 0.3) is 33.5 Å². The normalized spacial score (nSPS) is 14.5. The number of carbonyl (C=O) groups is 7. The van der Waals surface area contributed by atoms with Gasteiger partial charge in [0.2, 0.25) is 11.8 Å². The number of hydrogen-bond donors (Lipinski definition) is 5. The third kappa shape index (κ3) is 31.6. The minimum absolute atomic E-state index is 0.0273. The van der Waals surface area contributed by atoms with Gasteiger partial charge in [-0.3, -0.25) is 34.2 Å². The van der Waals surface area contributed by atoms with E-state index in [2.05, 4.69) is 65.4 Å². The van der Waals surface area contributed by atoms with Gasteiger partial charge < -0.3 is 102 Å². The molecule has 9 rings (SSSR count). The summed E-state index contributed by atoms with van der Waals surface area (Å²) < 4.78 is 114. The van der Waals surface area contributed by atoms with Crippen molar-refractivity contribution in [3.63, 3.8) is 0 Å². The average molecular weight is 1680 g/mol. The summed E-state index contributed by atoms with van der Waals surface area (Å²) in [6.07, 6.45) is 5.85. The third-order valence-corrected chi connectivity index (χ3v) is 20.3. The van der Waals surface area contributed by atoms with Crippen molar-refractivity contribution in [1.82, 2.24) is 40.7 Å². The Morgan fingerprint density at radius 1 is 0.583 bits per heavy atom. The monoisotopic (exact) mass is 1680 g/mol. The van der Waals surface area contributed by atoms with Crippen LogP contribution in [0.2, 0.25) is 0 Å². The predicted octanol–water partition coefficient (Wildman–Crippen LogP) is 9.16. The number of H-pyrrole nitrogens is 1. The van der Waals surface area contributed by atoms with Crippen LogP contribution in [0.5, 0.6) is 5.75 Å². The molecule has 3 aliphatic heterocycles. The number of urea groups is 1. The van der Waals surface area contributed by atoms with Crippen molar-refractivity contribution in [2.45, 2.75) is 97.7 Å². The topological polar surface area (TPSA) is 357 Å². The molecule has 0 bridgehead atoms. The van der Waals surface area contributed by atoms with Crippen LogP contribution in [0.3, 0.4) is 0 Å². The molecule has 5 heterocycles. The highest BCUT2D eigenvalue weighted by molar-refractivity contribution is 6.08. The van der Waals surface area contributed by atoms with Crippen LogP contribution in [0, 0.1) is 24.0 Å². The first-order valence-electron chi connectivity index (χ1n) is 41.0. The van der Waals surface area contributed by atoms with Crippen molar-refractivity contribution >= 4 is 64.1 Å². The van der Waals surface area contributed by atoms with E-state index < -0.39 is 59.3 Å². The molecule has 2 aromatic heterocycles. The maximum Gasteiger partial charge on any atom is 0.407 e. The fraction of sp³-hybridized carbons (Fsp3) is 0.570. The van der Waals surface area contributed by atoms with Crippen molar-refractivity contribution in [3.8, 4) is 28.3 Å². The zero-order chi connectivity index (χ0) is 85.5. The van der Waals surface area contributed by atoms with Gasteiger partial charge in [0.05, 0.1) is 183 Å². The summed E-state index contributed by atoms with van der Waals surface area (Å²) in [5, 5.41) is 10.8. The molecule has 34 heteroatoms. The summed E-state index contributed by atoms with van der Waals surface area (Å²) in [4.78, 5) is 107. The number of halogens is 2. The molecule has 0 aliphatic carbocycles. The van der Waals surface area contributed by atoms with E-state index in [1.807, 2.05) is 11.0 Å². The molecule has 3 aliphatic rings. The Bertz CT molecular complexity index is 4230. The highest BCUT2D eigenvalue weighted by Gasteiger charge is 2.39. The van der Waals surface area contributed by atoms with Crippen LogP contribution in [0.1, 0.15) is 111 Å². The summed E-state index contributed by atoms with van der Waals surface area (Å²) in [6.45, 7) is 23.9. The number of piperidine rings is 2. The van der Waals surface area contributed by atoms with Crippen LogP contribution >= 0.6 is 0 Å². The molecule has 32 nitrogen and oxygen atoms in total. The van der Waals surface area contributed by atoms with Gasteiger partial charge in [0.25, 0.3) is 11.8 Å². The fourth-order valence-electron chi connectivity index (χ4n) is 13.6. The number of nitrogens with zero attached hydrogens (tertiary/aromatic N) is 5. The number of alkyl carbamates (subject to hydrolysis) is 1. The van der Waals surface area contributed by atoms with Crippen molar-refractivity contribution in [2.75, 3.05) is 228 Å². The number of aromatic amines is 1. The molecule has 4 aromatic carbocycles. The number of hydrogen-bond acceptors (Lipinski definition) is 25. The molecule has 0 saturated carbocycles. The number of aromatic nitrogens is 3. The Balaban J connectivity index is 0.558. The van der Waals surface area contributed by atoms with E-state index >= 15 is 8.78 Å². The molecular formula is C86H118F2N10O22. The molecule has 1 spiro atoms. The summed E-state index contributed by atoms with van der Waals surface area (Å²) in [5.41, 5.74) is 3.85. The molecule has 5 N–H and O–H groups in total. The summed E-state index contributed by atoms with van der Waals surface area (Å²) in [7, 11) is 1.51. The first-order valence-corrected chi connectivity index (χ1v) is 41.0. The molecule has 7 amide bonds. The van der Waals surface area contributed by atoms with E-state index in [1.165, 1.54) is 42.1 Å². The average Bonchev–Trinajstić information content (AvgIpc) is 1.47. The number of fused-ring (bicyclic) bond motifs is 1. The van der Waals surface area contributed by atoms with Gasteiger partial charge >= 0.3 is 18.1 Å². The number of esters is 1. The number of anilines is 2. The van der Waals surface area contributed by atoms with Crippen LogP contribution in [-0.4, -0.2) is 290 Å². The van der Waals surface area contributed by atoms with Crippen LogP contribution < -0.4 is 30.9 Å². The van der Waals surface area contributed by atoms with Crippen LogP contribution in [-0.2, 0) is 92.7 Å². The molecule has 6 aromatic rings. The minimum Gasteiger partial charge on any atom is -0.495 e. The van der Waals surface area contributed by atoms with Crippen molar-refractivity contribution in [2.24, 2.45) is 5.41 Å². The van der Waals surface area contributed by atoms with E-state index in [9.17, 15) is 33.6 Å². The Morgan fingerprint density at radius 3 is 1.66 bits per heavy atom. The number of rotatable bonds is 53. The number of amides is 7. The predicted molar refractivity (Wildman–Crippen MR) is 440 cm³/mol. The number of imide groups is 1. The lowest BCUT2D eigenvalue weighted by Crippen LogP contribution is -2.50. The second kappa shape index (κ2) is 49.6. The van der Waals surface area contributed by atoms with E-state index in [1.54, 1.807) is 59.7 Å². The molecule has 3 saturated heterocycles. The number of likely N-dealkylation sites (tertiary alicyclic amines) is 2. The van der Waals surface area contributed by atoms with Gasteiger partial charge in [0, 0.05) is 73.5 Å². The first-order chi connectivity index (χ1) is 58.0. The fourth-order valence-corrected chi connectivity index (χ4v) is 13.6. The van der Waals surface area contributed by atoms with Gasteiger partial charge in [-0.05, 0) is 163 Å². The van der Waals surface area contributed by atoms with E-state index in [0.29, 0.717) is 203 Å². The smallest absolute Gasteiger partial charge is 0.407 e. The highest BCUT2D eigenvalue weighted by atomic mass is 19.1. The molecule has 0 radical (unpaired) electrons. The van der Waals surface area contributed by atoms with E-state index in [0.717, 1.165) is 75.1 Å². The number of ether oxygens (including phenoxy) is 15. The molecule has 0 atom stereocenters. The molecule has 0 unspecified atom stereocenters. The Kier molecular flexibility index (Phi) is 39.1. The first kappa shape index (κ1) is 94.6. The lowest BCUT2D eigenvalue weighted by atomic mass is 9.71. The van der Waals surface area contributed by atoms with Crippen molar-refractivity contribution in [1.29, 1.82) is 0 Å². The minimum atomic E-state index is -1.38. The maximum absolute atomic E-state index is 15.9. The van der Waals surface area contributed by atoms with Gasteiger partial charge in [-0.1, -0.05) is 30.3 Å². The van der Waals surface area contributed by atoms with Gasteiger partial charge in [-0.2, -0.15) is 0 Å². The summed E-state index contributed by atoms with van der Waals surface area (Å²) >= 11 is 0. The van der Waals surface area contributed by atoms with Gasteiger partial charge in [-0.25, -0.2) is 28.3 Å². The number of methoxy groups -OCH3 is 1. The largest absolute Gasteiger partial charge is 0.495 e. The van der Waals surface area contributed by atoms with Crippen molar-refractivity contribution in [3.05, 3.63) is 125 Å². The van der Waals surface area contributed by atoms with E-state index in [4.69, 9.17) is 71.1 Å². The molecular weight excluding hydrogens is 1560 g/mol. The SMILES string of the molecule is COc1ccc(C(=O)N2CCC3(CCN(CCc4ccc(-c5cc6c(-c7cc(F)cc(NC(=O)c8ccc(C(C)(C)OC(=O)CNC(=O)CCOCCOCCOCCOCCOCCOCCOCCOCCOCCOCCOCCOCCNC(=O)OC(C)(C)C)cc8F)c7C)ncnc6[nH]5)cc4)CC3)CC2)cc1N1CCC(=O)NC1=O. The summed E-state index contributed by atoms with van der Waals surface area (Å²) in [6, 6.07) is 21.1. The quantitative estimate of drug-likeness (QED) is 0.0175. The number of carbonyl (C=O) groups excluding carboxylic acids is 7. The van der Waals surface area contributed by atoms with Crippen LogP contribution in [0.15, 0.2) is 85.2 Å². The Labute approximate surface area is 699 Å². The standard InChI is InChI=1S/C86H118F2N10O22/c1-61-68(78-69-58-72(93-79(69)92-60-91-78)63-10-8-62(9-11-63)16-24-96-26-19-86(20-27-96)21-28-97(29-22-86)81(103)64-12-15-74(106-7)73(54-64)98-25-17-76(100)95-82(98)104)56-66(87)57-71(61)94-80(102)67-14-13-65(55-70(67)88)85(5,6)119-77(101)59-90-75(99)18-30-107-32-34-109-36-38-111-40-42-113-44-46-115-48-50-117-52-53-118-51-49-116-47-45-114-43-41-112-39-37-110-35-33-108-31-23-89-83(105)120-84(2,3)4/h8-15,54-58,60H,16-53,59H2,1-7H3,(H,89,105)(H,90,99)(H,94,102)(H,91,92,93)(H,95,100,104). The lowest BCUT2D eigenvalue weighted by Gasteiger charge is -2.47. The number of benzene rings is 4. The molecule has 3 fully saturated rings. The molecule has 658 valence electrons.